The van der Waals surface area contributed by atoms with Gasteiger partial charge in [0.05, 0.1) is 11.3 Å². The van der Waals surface area contributed by atoms with E-state index in [-0.39, 0.29) is 0 Å². The van der Waals surface area contributed by atoms with Gasteiger partial charge in [-0.05, 0) is 31.6 Å². The van der Waals surface area contributed by atoms with Crippen molar-refractivity contribution in [2.45, 2.75) is 6.92 Å². The van der Waals surface area contributed by atoms with Gasteiger partial charge in [-0.3, -0.25) is 0 Å². The molecule has 1 atom stereocenters. The molecule has 0 bridgehead atoms. The second-order valence-electron chi connectivity index (χ2n) is 3.70. The lowest BCUT2D eigenvalue weighted by molar-refractivity contribution is 0.569. The summed E-state index contributed by atoms with van der Waals surface area (Å²) in [7, 11) is 1.94. The third-order valence-electron chi connectivity index (χ3n) is 2.24. The van der Waals surface area contributed by atoms with Gasteiger partial charge in [-0.2, -0.15) is 5.26 Å². The van der Waals surface area contributed by atoms with Crippen LogP contribution < -0.4 is 10.6 Å². The molecule has 0 heterocycles. The summed E-state index contributed by atoms with van der Waals surface area (Å²) < 4.78 is 0. The van der Waals surface area contributed by atoms with Crippen molar-refractivity contribution in [1.29, 1.82) is 5.26 Å². The molecule has 0 aromatic heterocycles. The topological polar surface area (TPSA) is 47.8 Å². The molecule has 0 aliphatic rings. The number of nitrogens with zero attached hydrogens (tertiary/aromatic N) is 1. The minimum atomic E-state index is 0.543. The lowest BCUT2D eigenvalue weighted by Crippen LogP contribution is -2.23. The van der Waals surface area contributed by atoms with E-state index in [0.29, 0.717) is 11.5 Å². The van der Waals surface area contributed by atoms with Gasteiger partial charge in [0.2, 0.25) is 0 Å². The Labute approximate surface area is 91.1 Å². The van der Waals surface area contributed by atoms with Gasteiger partial charge in [0.25, 0.3) is 0 Å². The Morgan fingerprint density at radius 1 is 1.33 bits per heavy atom. The van der Waals surface area contributed by atoms with Crippen molar-refractivity contribution in [3.05, 3.63) is 29.8 Å². The van der Waals surface area contributed by atoms with E-state index in [9.17, 15) is 0 Å². The van der Waals surface area contributed by atoms with Crippen LogP contribution in [0, 0.1) is 17.2 Å². The number of nitriles is 1. The monoisotopic (exact) mass is 203 g/mol. The minimum absolute atomic E-state index is 0.543. The number of para-hydroxylation sites is 1. The van der Waals surface area contributed by atoms with Crippen molar-refractivity contribution in [3.63, 3.8) is 0 Å². The molecule has 0 fully saturated rings. The maximum atomic E-state index is 8.88. The fourth-order valence-corrected chi connectivity index (χ4v) is 1.44. The first-order valence-electron chi connectivity index (χ1n) is 5.15. The van der Waals surface area contributed by atoms with Crippen LogP contribution in [0.3, 0.4) is 0 Å². The Morgan fingerprint density at radius 3 is 2.73 bits per heavy atom. The fraction of sp³-hybridized carbons (Fsp3) is 0.417. The highest BCUT2D eigenvalue weighted by Crippen LogP contribution is 2.13. The first-order chi connectivity index (χ1) is 7.27. The highest BCUT2D eigenvalue weighted by atomic mass is 14.9. The largest absolute Gasteiger partial charge is 0.384 e. The molecular formula is C12H17N3. The van der Waals surface area contributed by atoms with Gasteiger partial charge in [0, 0.05) is 6.54 Å². The summed E-state index contributed by atoms with van der Waals surface area (Å²) >= 11 is 0. The zero-order valence-corrected chi connectivity index (χ0v) is 9.25. The molecular weight excluding hydrogens is 186 g/mol. The highest BCUT2D eigenvalue weighted by molar-refractivity contribution is 5.57. The van der Waals surface area contributed by atoms with Crippen molar-refractivity contribution in [1.82, 2.24) is 5.32 Å². The lowest BCUT2D eigenvalue weighted by atomic mass is 10.1. The molecule has 0 aliphatic heterocycles. The van der Waals surface area contributed by atoms with Crippen LogP contribution in [0.25, 0.3) is 0 Å². The van der Waals surface area contributed by atoms with Crippen molar-refractivity contribution < 1.29 is 0 Å². The molecule has 3 nitrogen and oxygen atoms in total. The third-order valence-corrected chi connectivity index (χ3v) is 2.24. The van der Waals surface area contributed by atoms with Crippen molar-refractivity contribution in [2.75, 3.05) is 25.5 Å². The predicted octanol–water partition coefficient (Wildman–Crippen LogP) is 1.83. The lowest BCUT2D eigenvalue weighted by Gasteiger charge is -2.13. The Morgan fingerprint density at radius 2 is 2.07 bits per heavy atom. The Hall–Kier alpha value is -1.53. The van der Waals surface area contributed by atoms with E-state index in [1.165, 1.54) is 0 Å². The molecule has 0 aliphatic carbocycles. The van der Waals surface area contributed by atoms with E-state index in [4.69, 9.17) is 5.26 Å². The number of benzene rings is 1. The van der Waals surface area contributed by atoms with Gasteiger partial charge >= 0.3 is 0 Å². The van der Waals surface area contributed by atoms with E-state index in [2.05, 4.69) is 23.6 Å². The number of rotatable bonds is 5. The molecule has 15 heavy (non-hydrogen) atoms. The van der Waals surface area contributed by atoms with Crippen LogP contribution in [-0.4, -0.2) is 20.1 Å². The van der Waals surface area contributed by atoms with Gasteiger partial charge < -0.3 is 10.6 Å². The number of nitrogens with one attached hydrogen (secondary N) is 2. The summed E-state index contributed by atoms with van der Waals surface area (Å²) in [6.45, 7) is 4.01. The van der Waals surface area contributed by atoms with Gasteiger partial charge in [-0.1, -0.05) is 19.1 Å². The molecule has 0 amide bonds. The molecule has 1 aromatic rings. The number of anilines is 1. The molecule has 0 radical (unpaired) electrons. The average Bonchev–Trinajstić information content (AvgIpc) is 2.27. The first-order valence-corrected chi connectivity index (χ1v) is 5.15. The van der Waals surface area contributed by atoms with Crippen LogP contribution in [-0.2, 0) is 0 Å². The molecule has 1 aromatic carbocycles. The summed E-state index contributed by atoms with van der Waals surface area (Å²) in [4.78, 5) is 0. The van der Waals surface area contributed by atoms with Gasteiger partial charge in [-0.25, -0.2) is 0 Å². The van der Waals surface area contributed by atoms with Crippen molar-refractivity contribution >= 4 is 5.69 Å². The normalized spacial score (nSPS) is 11.8. The Balaban J connectivity index is 2.54. The quantitative estimate of drug-likeness (QED) is 0.767. The highest BCUT2D eigenvalue weighted by Gasteiger charge is 2.03. The molecule has 1 rings (SSSR count). The van der Waals surface area contributed by atoms with E-state index >= 15 is 0 Å². The standard InChI is InChI=1S/C12H17N3/c1-10(8-14-2)9-15-12-6-4-3-5-11(12)7-13/h3-6,10,14-15H,8-9H2,1-2H3. The van der Waals surface area contributed by atoms with Crippen LogP contribution in [0.15, 0.2) is 24.3 Å². The molecule has 80 valence electrons. The second-order valence-corrected chi connectivity index (χ2v) is 3.70. The molecule has 1 unspecified atom stereocenters. The van der Waals surface area contributed by atoms with Crippen LogP contribution in [0.2, 0.25) is 0 Å². The second kappa shape index (κ2) is 6.05. The smallest absolute Gasteiger partial charge is 0.101 e. The minimum Gasteiger partial charge on any atom is -0.384 e. The first kappa shape index (κ1) is 11.5. The SMILES string of the molecule is CNCC(C)CNc1ccccc1C#N. The van der Waals surface area contributed by atoms with Crippen LogP contribution in [0.1, 0.15) is 12.5 Å². The summed E-state index contributed by atoms with van der Waals surface area (Å²) in [5.41, 5.74) is 1.62. The van der Waals surface area contributed by atoms with Gasteiger partial charge in [-0.15, -0.1) is 0 Å². The zero-order chi connectivity index (χ0) is 11.1. The zero-order valence-electron chi connectivity index (χ0n) is 9.25. The van der Waals surface area contributed by atoms with E-state index < -0.39 is 0 Å². The fourth-order valence-electron chi connectivity index (χ4n) is 1.44. The van der Waals surface area contributed by atoms with Crippen LogP contribution in [0.4, 0.5) is 5.69 Å². The van der Waals surface area contributed by atoms with Crippen molar-refractivity contribution in [3.8, 4) is 6.07 Å². The molecule has 0 spiro atoms. The number of hydrogen-bond donors (Lipinski definition) is 2. The average molecular weight is 203 g/mol. The molecule has 0 saturated carbocycles. The van der Waals surface area contributed by atoms with Crippen molar-refractivity contribution in [2.24, 2.45) is 5.92 Å². The molecule has 3 heteroatoms. The summed E-state index contributed by atoms with van der Waals surface area (Å²) in [5, 5.41) is 15.3. The third kappa shape index (κ3) is 3.61. The van der Waals surface area contributed by atoms with Gasteiger partial charge in [0.1, 0.15) is 6.07 Å². The van der Waals surface area contributed by atoms with Gasteiger partial charge in [0.15, 0.2) is 0 Å². The maximum Gasteiger partial charge on any atom is 0.101 e. The van der Waals surface area contributed by atoms with E-state index in [1.54, 1.807) is 0 Å². The Bertz CT molecular complexity index is 341. The summed E-state index contributed by atoms with van der Waals surface area (Å²) in [5.74, 6) is 0.543. The Kier molecular flexibility index (Phi) is 4.65. The van der Waals surface area contributed by atoms with Crippen LogP contribution >= 0.6 is 0 Å². The van der Waals surface area contributed by atoms with Crippen LogP contribution in [0.5, 0.6) is 0 Å². The maximum absolute atomic E-state index is 8.88. The molecule has 0 saturated heterocycles. The summed E-state index contributed by atoms with van der Waals surface area (Å²) in [6, 6.07) is 9.74. The molecule has 2 N–H and O–H groups in total. The number of hydrogen-bond acceptors (Lipinski definition) is 3. The summed E-state index contributed by atoms with van der Waals surface area (Å²) in [6.07, 6.45) is 0. The van der Waals surface area contributed by atoms with E-state index in [0.717, 1.165) is 18.8 Å². The van der Waals surface area contributed by atoms with E-state index in [1.807, 2.05) is 31.3 Å². The predicted molar refractivity (Wildman–Crippen MR) is 62.7 cm³/mol.